The average Bonchev–Trinajstić information content (AvgIpc) is 3.28. The molecule has 3 rings (SSSR count). The predicted molar refractivity (Wildman–Crippen MR) is 101 cm³/mol. The van der Waals surface area contributed by atoms with Gasteiger partial charge in [0.25, 0.3) is 5.91 Å². The minimum Gasteiger partial charge on any atom is -0.459 e. The van der Waals surface area contributed by atoms with Gasteiger partial charge in [0.2, 0.25) is 5.91 Å². The predicted octanol–water partition coefficient (Wildman–Crippen LogP) is 3.73. The zero-order valence-electron chi connectivity index (χ0n) is 14.8. The number of amides is 2. The molecule has 3 aromatic rings. The van der Waals surface area contributed by atoms with E-state index in [-0.39, 0.29) is 24.1 Å². The van der Waals surface area contributed by atoms with Gasteiger partial charge in [-0.05, 0) is 43.2 Å². The van der Waals surface area contributed by atoms with E-state index in [0.717, 1.165) is 11.3 Å². The van der Waals surface area contributed by atoms with Gasteiger partial charge in [-0.1, -0.05) is 12.1 Å². The van der Waals surface area contributed by atoms with E-state index in [1.165, 1.54) is 33.6 Å². The van der Waals surface area contributed by atoms with E-state index >= 15 is 0 Å². The molecule has 2 amide bonds. The van der Waals surface area contributed by atoms with Gasteiger partial charge in [-0.3, -0.25) is 9.59 Å². The van der Waals surface area contributed by atoms with Crippen LogP contribution in [0.25, 0.3) is 11.3 Å². The SMILES string of the molecule is Cc1ccc(-c2csc(NC(=O)CN(C)C(=O)c3ccco3)n2)cc1C. The van der Waals surface area contributed by atoms with E-state index in [9.17, 15) is 9.59 Å². The highest BCUT2D eigenvalue weighted by Gasteiger charge is 2.18. The van der Waals surface area contributed by atoms with Crippen molar-refractivity contribution in [2.24, 2.45) is 0 Å². The van der Waals surface area contributed by atoms with Gasteiger partial charge in [0.1, 0.15) is 6.54 Å². The van der Waals surface area contributed by atoms with E-state index in [1.54, 1.807) is 19.2 Å². The summed E-state index contributed by atoms with van der Waals surface area (Å²) < 4.78 is 5.05. The topological polar surface area (TPSA) is 75.4 Å². The number of rotatable bonds is 5. The Morgan fingerprint density at radius 3 is 2.73 bits per heavy atom. The van der Waals surface area contributed by atoms with Crippen molar-refractivity contribution in [3.05, 3.63) is 58.9 Å². The lowest BCUT2D eigenvalue weighted by Gasteiger charge is -2.14. The van der Waals surface area contributed by atoms with Gasteiger partial charge in [-0.25, -0.2) is 4.98 Å². The number of benzene rings is 1. The molecule has 26 heavy (non-hydrogen) atoms. The maximum atomic E-state index is 12.2. The highest BCUT2D eigenvalue weighted by atomic mass is 32.1. The summed E-state index contributed by atoms with van der Waals surface area (Å²) in [6, 6.07) is 9.33. The van der Waals surface area contributed by atoms with Crippen LogP contribution in [0.15, 0.2) is 46.4 Å². The van der Waals surface area contributed by atoms with Crippen molar-refractivity contribution in [1.82, 2.24) is 9.88 Å². The second-order valence-electron chi connectivity index (χ2n) is 6.02. The zero-order chi connectivity index (χ0) is 18.7. The Balaban J connectivity index is 1.62. The highest BCUT2D eigenvalue weighted by molar-refractivity contribution is 7.14. The maximum absolute atomic E-state index is 12.2. The third-order valence-corrected chi connectivity index (χ3v) is 4.77. The molecule has 0 fully saturated rings. The first kappa shape index (κ1) is 17.9. The van der Waals surface area contributed by atoms with Crippen LogP contribution in [0, 0.1) is 13.8 Å². The Morgan fingerprint density at radius 1 is 1.23 bits per heavy atom. The summed E-state index contributed by atoms with van der Waals surface area (Å²) in [5.74, 6) is -0.458. The molecule has 0 saturated heterocycles. The zero-order valence-corrected chi connectivity index (χ0v) is 15.6. The first-order valence-electron chi connectivity index (χ1n) is 8.06. The van der Waals surface area contributed by atoms with Crippen molar-refractivity contribution in [3.63, 3.8) is 0 Å². The second kappa shape index (κ2) is 7.53. The highest BCUT2D eigenvalue weighted by Crippen LogP contribution is 2.26. The third-order valence-electron chi connectivity index (χ3n) is 4.01. The van der Waals surface area contributed by atoms with E-state index in [2.05, 4.69) is 36.3 Å². The number of hydrogen-bond donors (Lipinski definition) is 1. The van der Waals surface area contributed by atoms with Crippen LogP contribution in [0.1, 0.15) is 21.7 Å². The fourth-order valence-electron chi connectivity index (χ4n) is 2.40. The summed E-state index contributed by atoms with van der Waals surface area (Å²) in [5.41, 5.74) is 4.24. The molecular weight excluding hydrogens is 350 g/mol. The Bertz CT molecular complexity index is 931. The van der Waals surface area contributed by atoms with Crippen LogP contribution in [0.3, 0.4) is 0 Å². The van der Waals surface area contributed by atoms with E-state index < -0.39 is 0 Å². The number of nitrogens with zero attached hydrogens (tertiary/aromatic N) is 2. The standard InChI is InChI=1S/C19H19N3O3S/c1-12-6-7-14(9-13(12)2)15-11-26-19(20-15)21-17(23)10-22(3)18(24)16-5-4-8-25-16/h4-9,11H,10H2,1-3H3,(H,20,21,23). The number of hydrogen-bond acceptors (Lipinski definition) is 5. The van der Waals surface area contributed by atoms with Crippen LogP contribution in [0.4, 0.5) is 5.13 Å². The van der Waals surface area contributed by atoms with Gasteiger partial charge in [0, 0.05) is 18.0 Å². The lowest BCUT2D eigenvalue weighted by atomic mass is 10.1. The Hall–Kier alpha value is -2.93. The van der Waals surface area contributed by atoms with Crippen LogP contribution in [-0.2, 0) is 4.79 Å². The largest absolute Gasteiger partial charge is 0.459 e. The van der Waals surface area contributed by atoms with Gasteiger partial charge in [-0.15, -0.1) is 11.3 Å². The van der Waals surface area contributed by atoms with Crippen LogP contribution in [0.5, 0.6) is 0 Å². The number of carbonyl (C=O) groups is 2. The van der Waals surface area contributed by atoms with Crippen LogP contribution in [0.2, 0.25) is 0 Å². The summed E-state index contributed by atoms with van der Waals surface area (Å²) in [5, 5.41) is 5.14. The third kappa shape index (κ3) is 4.00. The fourth-order valence-corrected chi connectivity index (χ4v) is 3.13. The van der Waals surface area contributed by atoms with Crippen LogP contribution < -0.4 is 5.32 Å². The minimum absolute atomic E-state index is 0.0852. The number of nitrogens with one attached hydrogen (secondary N) is 1. The number of likely N-dealkylation sites (N-methyl/N-ethyl adjacent to an activating group) is 1. The van der Waals surface area contributed by atoms with Gasteiger partial charge in [0.05, 0.1) is 12.0 Å². The Morgan fingerprint density at radius 2 is 2.04 bits per heavy atom. The normalized spacial score (nSPS) is 10.6. The van der Waals surface area contributed by atoms with Gasteiger partial charge in [0.15, 0.2) is 10.9 Å². The molecular formula is C19H19N3O3S. The molecule has 1 aromatic carbocycles. The fraction of sp³-hybridized carbons (Fsp3) is 0.211. The molecule has 0 bridgehead atoms. The molecule has 0 radical (unpaired) electrons. The van der Waals surface area contributed by atoms with Crippen molar-refractivity contribution in [3.8, 4) is 11.3 Å². The molecule has 7 heteroatoms. The summed E-state index contributed by atoms with van der Waals surface area (Å²) in [6.07, 6.45) is 1.42. The smallest absolute Gasteiger partial charge is 0.289 e. The molecule has 1 N–H and O–H groups in total. The first-order chi connectivity index (χ1) is 12.4. The van der Waals surface area contributed by atoms with Crippen molar-refractivity contribution < 1.29 is 14.0 Å². The molecule has 6 nitrogen and oxygen atoms in total. The monoisotopic (exact) mass is 369 g/mol. The summed E-state index contributed by atoms with van der Waals surface area (Å²) >= 11 is 1.35. The molecule has 2 aromatic heterocycles. The molecule has 2 heterocycles. The number of thiazole rings is 1. The van der Waals surface area contributed by atoms with Crippen LogP contribution >= 0.6 is 11.3 Å². The van der Waals surface area contributed by atoms with Gasteiger partial charge >= 0.3 is 0 Å². The summed E-state index contributed by atoms with van der Waals surface area (Å²) in [7, 11) is 1.55. The number of furan rings is 1. The van der Waals surface area contributed by atoms with Crippen molar-refractivity contribution in [2.75, 3.05) is 18.9 Å². The van der Waals surface area contributed by atoms with E-state index in [4.69, 9.17) is 4.42 Å². The first-order valence-corrected chi connectivity index (χ1v) is 8.94. The number of anilines is 1. The lowest BCUT2D eigenvalue weighted by molar-refractivity contribution is -0.116. The Labute approximate surface area is 155 Å². The van der Waals surface area contributed by atoms with Gasteiger partial charge < -0.3 is 14.6 Å². The van der Waals surface area contributed by atoms with E-state index in [0.29, 0.717) is 5.13 Å². The number of aromatic nitrogens is 1. The number of aryl methyl sites for hydroxylation is 2. The second-order valence-corrected chi connectivity index (χ2v) is 6.88. The summed E-state index contributed by atoms with van der Waals surface area (Å²) in [6.45, 7) is 4.03. The van der Waals surface area contributed by atoms with Crippen LogP contribution in [-0.4, -0.2) is 35.3 Å². The average molecular weight is 369 g/mol. The van der Waals surface area contributed by atoms with E-state index in [1.807, 2.05) is 11.4 Å². The molecule has 134 valence electrons. The summed E-state index contributed by atoms with van der Waals surface area (Å²) in [4.78, 5) is 30.0. The molecule has 0 unspecified atom stereocenters. The molecule has 0 saturated carbocycles. The Kier molecular flexibility index (Phi) is 5.18. The van der Waals surface area contributed by atoms with Gasteiger partial charge in [-0.2, -0.15) is 0 Å². The number of carbonyl (C=O) groups excluding carboxylic acids is 2. The molecule has 0 aliphatic heterocycles. The molecule has 0 aliphatic carbocycles. The quantitative estimate of drug-likeness (QED) is 0.743. The minimum atomic E-state index is -0.347. The van der Waals surface area contributed by atoms with Crippen molar-refractivity contribution >= 4 is 28.3 Å². The molecule has 0 atom stereocenters. The maximum Gasteiger partial charge on any atom is 0.289 e. The van der Waals surface area contributed by atoms with Crippen molar-refractivity contribution in [1.29, 1.82) is 0 Å². The van der Waals surface area contributed by atoms with Crippen molar-refractivity contribution in [2.45, 2.75) is 13.8 Å². The lowest BCUT2D eigenvalue weighted by Crippen LogP contribution is -2.34. The molecule has 0 aliphatic rings. The molecule has 0 spiro atoms.